The van der Waals surface area contributed by atoms with Crippen LogP contribution in [0.2, 0.25) is 5.02 Å². The number of ether oxygens (including phenoxy) is 3. The van der Waals surface area contributed by atoms with Crippen LogP contribution in [0.5, 0.6) is 23.0 Å². The molecule has 0 atom stereocenters. The number of carbonyl (C=O) groups is 1. The first-order valence-corrected chi connectivity index (χ1v) is 17.5. The van der Waals surface area contributed by atoms with E-state index >= 15 is 4.39 Å². The van der Waals surface area contributed by atoms with E-state index in [1.165, 1.54) is 29.7 Å². The predicted octanol–water partition coefficient (Wildman–Crippen LogP) is 9.12. The van der Waals surface area contributed by atoms with Crippen LogP contribution in [0.4, 0.5) is 10.1 Å². The Balaban J connectivity index is 0.00000280. The largest absolute Gasteiger partial charge is 0.493 e. The molecule has 2 aromatic heterocycles. The standard InChI is InChI=1S/C40H37ClFN5O5.2ClH/c1-25-15-19-46(20-16-25)18-7-21-51-37-24-31-28(23-36(37)50-2)34(14-17-43-31)52-35-13-12-26(22-30(35)42)44-40(49)38-39(48)27-8-3-5-10-32(27)47(45-38)33-11-6-4-9-29(33)41;;/h3-6,8-14,17,22-25H,7,15-16,18-21H2,1-2H3,(H,44,49);2*1H. The molecule has 0 spiro atoms. The van der Waals surface area contributed by atoms with Gasteiger partial charge in [0.25, 0.3) is 5.91 Å². The summed E-state index contributed by atoms with van der Waals surface area (Å²) in [6.45, 7) is 6.08. The molecular formula is C40H39Cl3FN5O5. The van der Waals surface area contributed by atoms with Crippen LogP contribution in [0, 0.1) is 11.7 Å². The second kappa shape index (κ2) is 17.9. The molecule has 3 heterocycles. The summed E-state index contributed by atoms with van der Waals surface area (Å²) in [5.41, 5.74) is 0.714. The number of fused-ring (bicyclic) bond motifs is 2. The van der Waals surface area contributed by atoms with Crippen molar-refractivity contribution in [1.82, 2.24) is 19.7 Å². The third-order valence-corrected chi connectivity index (χ3v) is 9.56. The molecule has 0 radical (unpaired) electrons. The fraction of sp³-hybridized carbons (Fsp3) is 0.250. The van der Waals surface area contributed by atoms with E-state index in [1.54, 1.807) is 80.0 Å². The number of likely N-dealkylation sites (tertiary alicyclic amines) is 1. The van der Waals surface area contributed by atoms with Gasteiger partial charge in [0.2, 0.25) is 5.43 Å². The number of nitrogens with zero attached hydrogens (tertiary/aromatic N) is 4. The third-order valence-electron chi connectivity index (χ3n) is 9.24. The fourth-order valence-electron chi connectivity index (χ4n) is 6.35. The van der Waals surface area contributed by atoms with Gasteiger partial charge in [-0.3, -0.25) is 14.6 Å². The number of nitrogens with one attached hydrogen (secondary N) is 1. The van der Waals surface area contributed by atoms with Gasteiger partial charge in [0.1, 0.15) is 5.75 Å². The molecule has 54 heavy (non-hydrogen) atoms. The molecule has 6 aromatic rings. The van der Waals surface area contributed by atoms with Crippen LogP contribution in [-0.4, -0.2) is 58.9 Å². The highest BCUT2D eigenvalue weighted by molar-refractivity contribution is 6.32. The molecule has 1 amide bonds. The Morgan fingerprint density at radius 1 is 0.926 bits per heavy atom. The highest BCUT2D eigenvalue weighted by Crippen LogP contribution is 2.38. The Bertz CT molecular complexity index is 2330. The number of hydrogen-bond acceptors (Lipinski definition) is 8. The van der Waals surface area contributed by atoms with Crippen molar-refractivity contribution in [1.29, 1.82) is 0 Å². The Morgan fingerprint density at radius 3 is 2.44 bits per heavy atom. The summed E-state index contributed by atoms with van der Waals surface area (Å²) in [6, 6.07) is 22.9. The van der Waals surface area contributed by atoms with Crippen LogP contribution in [0.15, 0.2) is 95.9 Å². The SMILES string of the molecule is COc1cc2c(Oc3ccc(NC(=O)c4nn(-c5ccccc5Cl)c5ccccc5c4=O)cc3F)ccnc2cc1OCCCN1CCC(C)CC1.Cl.Cl. The maximum atomic E-state index is 15.5. The quantitative estimate of drug-likeness (QED) is 0.130. The normalized spacial score (nSPS) is 13.2. The second-order valence-corrected chi connectivity index (χ2v) is 13.2. The Morgan fingerprint density at radius 2 is 1.69 bits per heavy atom. The summed E-state index contributed by atoms with van der Waals surface area (Å²) < 4.78 is 34.7. The molecule has 282 valence electrons. The molecule has 14 heteroatoms. The molecule has 0 aliphatic carbocycles. The highest BCUT2D eigenvalue weighted by Gasteiger charge is 2.21. The van der Waals surface area contributed by atoms with E-state index in [4.69, 9.17) is 25.8 Å². The molecule has 1 N–H and O–H groups in total. The number of amides is 1. The molecule has 0 saturated carbocycles. The first kappa shape index (κ1) is 40.2. The zero-order valence-corrected chi connectivity index (χ0v) is 32.0. The van der Waals surface area contributed by atoms with Crippen molar-refractivity contribution in [2.24, 2.45) is 5.92 Å². The van der Waals surface area contributed by atoms with Gasteiger partial charge in [-0.2, -0.15) is 5.10 Å². The van der Waals surface area contributed by atoms with E-state index in [0.29, 0.717) is 51.0 Å². The zero-order chi connectivity index (χ0) is 36.2. The number of piperidine rings is 1. The third kappa shape index (κ3) is 8.71. The number of aromatic nitrogens is 3. The van der Waals surface area contributed by atoms with Crippen LogP contribution < -0.4 is 25.0 Å². The summed E-state index contributed by atoms with van der Waals surface area (Å²) in [5, 5.41) is 8.23. The Kier molecular flexibility index (Phi) is 13.4. The molecular weight excluding hydrogens is 756 g/mol. The summed E-state index contributed by atoms with van der Waals surface area (Å²) in [4.78, 5) is 33.8. The monoisotopic (exact) mass is 793 g/mol. The number of hydrogen-bond donors (Lipinski definition) is 1. The van der Waals surface area contributed by atoms with E-state index < -0.39 is 17.2 Å². The van der Waals surface area contributed by atoms with Crippen molar-refractivity contribution in [3.05, 3.63) is 118 Å². The molecule has 1 aliphatic rings. The van der Waals surface area contributed by atoms with Crippen molar-refractivity contribution >= 4 is 69.8 Å². The van der Waals surface area contributed by atoms with Gasteiger partial charge in [0.15, 0.2) is 28.8 Å². The Hall–Kier alpha value is -4.94. The van der Waals surface area contributed by atoms with Gasteiger partial charge in [0, 0.05) is 35.9 Å². The van der Waals surface area contributed by atoms with E-state index in [1.807, 2.05) is 0 Å². The minimum atomic E-state index is -0.809. The number of methoxy groups -OCH3 is 1. The first-order valence-electron chi connectivity index (χ1n) is 17.2. The Labute approximate surface area is 329 Å². The lowest BCUT2D eigenvalue weighted by molar-refractivity contribution is 0.102. The van der Waals surface area contributed by atoms with Crippen molar-refractivity contribution in [2.45, 2.75) is 26.2 Å². The molecule has 1 fully saturated rings. The summed E-state index contributed by atoms with van der Waals surface area (Å²) in [7, 11) is 1.56. The van der Waals surface area contributed by atoms with E-state index in [9.17, 15) is 9.59 Å². The summed E-state index contributed by atoms with van der Waals surface area (Å²) in [6.07, 6.45) is 4.93. The van der Waals surface area contributed by atoms with E-state index in [0.717, 1.165) is 38.0 Å². The highest BCUT2D eigenvalue weighted by atomic mass is 35.5. The minimum absolute atomic E-state index is 0. The zero-order valence-electron chi connectivity index (χ0n) is 29.6. The van der Waals surface area contributed by atoms with Crippen LogP contribution in [0.25, 0.3) is 27.5 Å². The number of anilines is 1. The molecule has 1 aliphatic heterocycles. The predicted molar refractivity (Wildman–Crippen MR) is 215 cm³/mol. The van der Waals surface area contributed by atoms with Crippen LogP contribution in [-0.2, 0) is 0 Å². The average molecular weight is 795 g/mol. The molecule has 7 rings (SSSR count). The molecule has 4 aromatic carbocycles. The van der Waals surface area contributed by atoms with Crippen molar-refractivity contribution in [3.8, 4) is 28.7 Å². The van der Waals surface area contributed by atoms with Gasteiger partial charge in [0.05, 0.1) is 40.8 Å². The number of rotatable bonds is 11. The van der Waals surface area contributed by atoms with Gasteiger partial charge in [-0.1, -0.05) is 42.8 Å². The van der Waals surface area contributed by atoms with Gasteiger partial charge in [-0.25, -0.2) is 9.07 Å². The maximum Gasteiger partial charge on any atom is 0.280 e. The van der Waals surface area contributed by atoms with Crippen molar-refractivity contribution < 1.29 is 23.4 Å². The van der Waals surface area contributed by atoms with Gasteiger partial charge >= 0.3 is 0 Å². The first-order chi connectivity index (χ1) is 25.3. The second-order valence-electron chi connectivity index (χ2n) is 12.8. The molecule has 1 saturated heterocycles. The molecule has 10 nitrogen and oxygen atoms in total. The molecule has 0 bridgehead atoms. The average Bonchev–Trinajstić information content (AvgIpc) is 3.15. The van der Waals surface area contributed by atoms with Gasteiger partial charge in [-0.15, -0.1) is 24.8 Å². The van der Waals surface area contributed by atoms with Crippen LogP contribution in [0.1, 0.15) is 36.7 Å². The minimum Gasteiger partial charge on any atom is -0.493 e. The lowest BCUT2D eigenvalue weighted by atomic mass is 9.99. The summed E-state index contributed by atoms with van der Waals surface area (Å²) in [5.74, 6) is 0.591. The van der Waals surface area contributed by atoms with Gasteiger partial charge < -0.3 is 24.4 Å². The summed E-state index contributed by atoms with van der Waals surface area (Å²) >= 11 is 6.44. The smallest absolute Gasteiger partial charge is 0.280 e. The van der Waals surface area contributed by atoms with Crippen molar-refractivity contribution in [3.63, 3.8) is 0 Å². The fourth-order valence-corrected chi connectivity index (χ4v) is 6.56. The molecule has 0 unspecified atom stereocenters. The number of para-hydroxylation sites is 2. The van der Waals surface area contributed by atoms with E-state index in [2.05, 4.69) is 27.2 Å². The maximum absolute atomic E-state index is 15.5. The number of carbonyl (C=O) groups excluding carboxylic acids is 1. The van der Waals surface area contributed by atoms with E-state index in [-0.39, 0.29) is 47.3 Å². The number of pyridine rings is 1. The lowest BCUT2D eigenvalue weighted by Crippen LogP contribution is -2.34. The topological polar surface area (TPSA) is 108 Å². The van der Waals surface area contributed by atoms with Crippen LogP contribution in [0.3, 0.4) is 0 Å². The number of benzene rings is 4. The van der Waals surface area contributed by atoms with Crippen LogP contribution >= 0.6 is 36.4 Å². The van der Waals surface area contributed by atoms with Gasteiger partial charge in [-0.05, 0) is 86.8 Å². The number of halogens is 4. The lowest BCUT2D eigenvalue weighted by Gasteiger charge is -2.30. The van der Waals surface area contributed by atoms with Crippen molar-refractivity contribution in [2.75, 3.05) is 38.7 Å².